The van der Waals surface area contributed by atoms with Crippen LogP contribution in [-0.4, -0.2) is 25.4 Å². The fourth-order valence-corrected chi connectivity index (χ4v) is 4.86. The van der Waals surface area contributed by atoms with Crippen LogP contribution in [0.4, 0.5) is 5.69 Å². The largest absolute Gasteiger partial charge is 0.350 e. The van der Waals surface area contributed by atoms with Gasteiger partial charge in [0.2, 0.25) is 0 Å². The predicted octanol–water partition coefficient (Wildman–Crippen LogP) is 5.68. The topological polar surface area (TPSA) is 55.8 Å². The lowest BCUT2D eigenvalue weighted by Gasteiger charge is -2.30. The number of hydrogen-bond donors (Lipinski definition) is 0. The molecule has 5 nitrogen and oxygen atoms in total. The molecule has 2 aromatic rings. The Hall–Kier alpha value is -1.94. The van der Waals surface area contributed by atoms with Crippen molar-refractivity contribution in [1.29, 1.82) is 0 Å². The van der Waals surface area contributed by atoms with Crippen molar-refractivity contribution in [2.24, 2.45) is 0 Å². The van der Waals surface area contributed by atoms with Gasteiger partial charge in [-0.2, -0.15) is 0 Å². The maximum atomic E-state index is 13.5. The summed E-state index contributed by atoms with van der Waals surface area (Å²) in [6.07, 6.45) is 1.40. The molecule has 28 heavy (non-hydrogen) atoms. The molecule has 0 heterocycles. The molecule has 0 aliphatic heterocycles. The molecule has 0 saturated heterocycles. The molecular weight excluding hydrogens is 373 g/mol. The maximum Gasteiger partial charge on any atom is 0.350 e. The Bertz CT molecular complexity index is 790. The number of amides is 1. The molecule has 0 aliphatic carbocycles. The van der Waals surface area contributed by atoms with Gasteiger partial charge in [-0.3, -0.25) is 14.3 Å². The lowest BCUT2D eigenvalue weighted by molar-refractivity contribution is 0.0986. The third kappa shape index (κ3) is 5.32. The molecule has 0 bridgehead atoms. The molecule has 0 aliphatic rings. The van der Waals surface area contributed by atoms with Crippen LogP contribution in [0.2, 0.25) is 0 Å². The van der Waals surface area contributed by atoms with E-state index in [9.17, 15) is 9.36 Å². The number of carbonyl (C=O) groups excluding carboxylic acids is 1. The zero-order valence-electron chi connectivity index (χ0n) is 17.2. The summed E-state index contributed by atoms with van der Waals surface area (Å²) in [5.41, 5.74) is 3.40. The van der Waals surface area contributed by atoms with Gasteiger partial charge in [-0.05, 0) is 49.9 Å². The van der Waals surface area contributed by atoms with E-state index in [1.165, 1.54) is 0 Å². The molecule has 0 saturated carbocycles. The van der Waals surface area contributed by atoms with Crippen molar-refractivity contribution < 1.29 is 18.4 Å². The summed E-state index contributed by atoms with van der Waals surface area (Å²) in [6.45, 7) is 8.14. The van der Waals surface area contributed by atoms with Gasteiger partial charge in [0.25, 0.3) is 5.91 Å². The van der Waals surface area contributed by atoms with Crippen molar-refractivity contribution in [3.05, 3.63) is 65.2 Å². The van der Waals surface area contributed by atoms with Crippen LogP contribution in [0.3, 0.4) is 0 Å². The van der Waals surface area contributed by atoms with Crippen LogP contribution in [0, 0.1) is 0 Å². The summed E-state index contributed by atoms with van der Waals surface area (Å²) in [5, 5.41) is 0. The summed E-state index contributed by atoms with van der Waals surface area (Å²) in [6, 6.07) is 15.0. The monoisotopic (exact) mass is 403 g/mol. The molecule has 2 aromatic carbocycles. The number of nitrogens with zero attached hydrogens (tertiary/aromatic N) is 1. The number of benzene rings is 2. The van der Waals surface area contributed by atoms with Gasteiger partial charge in [-0.1, -0.05) is 50.2 Å². The molecule has 0 fully saturated rings. The Morgan fingerprint density at radius 1 is 0.857 bits per heavy atom. The van der Waals surface area contributed by atoms with E-state index in [2.05, 4.69) is 0 Å². The van der Waals surface area contributed by atoms with Crippen LogP contribution >= 0.6 is 7.60 Å². The van der Waals surface area contributed by atoms with Gasteiger partial charge in [0.15, 0.2) is 0 Å². The first-order valence-electron chi connectivity index (χ1n) is 9.85. The van der Waals surface area contributed by atoms with Gasteiger partial charge in [-0.25, -0.2) is 0 Å². The van der Waals surface area contributed by atoms with Crippen molar-refractivity contribution in [1.82, 2.24) is 0 Å². The molecule has 152 valence electrons. The van der Waals surface area contributed by atoms with E-state index < -0.39 is 7.60 Å². The van der Waals surface area contributed by atoms with Crippen molar-refractivity contribution in [2.45, 2.75) is 40.5 Å². The molecule has 1 amide bonds. The number of rotatable bonds is 10. The second kappa shape index (κ2) is 10.6. The highest BCUT2D eigenvalue weighted by Gasteiger charge is 2.33. The fourth-order valence-electron chi connectivity index (χ4n) is 3.22. The smallest absolute Gasteiger partial charge is 0.308 e. The Kier molecular flexibility index (Phi) is 8.43. The minimum Gasteiger partial charge on any atom is -0.308 e. The average Bonchev–Trinajstić information content (AvgIpc) is 2.72. The van der Waals surface area contributed by atoms with E-state index in [-0.39, 0.29) is 25.4 Å². The Morgan fingerprint density at radius 3 is 1.86 bits per heavy atom. The average molecular weight is 403 g/mol. The Morgan fingerprint density at radius 2 is 1.39 bits per heavy atom. The number of anilines is 1. The second-order valence-electron chi connectivity index (χ2n) is 6.32. The summed E-state index contributed by atoms with van der Waals surface area (Å²) in [5.74, 6) is -0.212. The molecule has 0 unspecified atom stereocenters. The first kappa shape index (κ1) is 22.4. The van der Waals surface area contributed by atoms with E-state index >= 15 is 0 Å². The van der Waals surface area contributed by atoms with Gasteiger partial charge >= 0.3 is 7.60 Å². The van der Waals surface area contributed by atoms with Gasteiger partial charge in [0, 0.05) is 5.56 Å². The number of para-hydroxylation sites is 1. The summed E-state index contributed by atoms with van der Waals surface area (Å²) >= 11 is 0. The van der Waals surface area contributed by atoms with E-state index in [0.29, 0.717) is 5.56 Å². The first-order chi connectivity index (χ1) is 13.5. The summed E-state index contributed by atoms with van der Waals surface area (Å²) in [4.78, 5) is 15.0. The summed E-state index contributed by atoms with van der Waals surface area (Å²) < 4.78 is 24.3. The number of hydrogen-bond acceptors (Lipinski definition) is 4. The predicted molar refractivity (Wildman–Crippen MR) is 114 cm³/mol. The van der Waals surface area contributed by atoms with E-state index in [1.54, 1.807) is 30.9 Å². The highest BCUT2D eigenvalue weighted by Crippen LogP contribution is 2.50. The molecule has 2 rings (SSSR count). The van der Waals surface area contributed by atoms with E-state index in [0.717, 1.165) is 29.7 Å². The third-order valence-corrected chi connectivity index (χ3v) is 6.40. The standard InChI is InChI=1S/C22H30NO4P/c1-5-18-15-12-16-19(6-2)21(18)23(17-28(25,26-7-3)27-8-4)22(24)20-13-10-9-11-14-20/h9-16H,5-8,17H2,1-4H3. The maximum absolute atomic E-state index is 13.5. The van der Waals surface area contributed by atoms with Crippen LogP contribution in [0.25, 0.3) is 0 Å². The highest BCUT2D eigenvalue weighted by molar-refractivity contribution is 7.54. The zero-order chi connectivity index (χ0) is 20.6. The van der Waals surface area contributed by atoms with Crippen LogP contribution in [0.5, 0.6) is 0 Å². The quantitative estimate of drug-likeness (QED) is 0.479. The molecule has 0 spiro atoms. The first-order valence-corrected chi connectivity index (χ1v) is 11.6. The Labute approximate surface area is 168 Å². The van der Waals surface area contributed by atoms with Gasteiger partial charge < -0.3 is 9.05 Å². The van der Waals surface area contributed by atoms with Crippen LogP contribution in [0.15, 0.2) is 48.5 Å². The molecule has 0 aromatic heterocycles. The Balaban J connectivity index is 2.60. The number of carbonyl (C=O) groups is 1. The minimum atomic E-state index is -3.47. The molecular formula is C22H30NO4P. The van der Waals surface area contributed by atoms with Crippen LogP contribution in [-0.2, 0) is 26.5 Å². The van der Waals surface area contributed by atoms with Crippen molar-refractivity contribution in [3.63, 3.8) is 0 Å². The van der Waals surface area contributed by atoms with Crippen LogP contribution < -0.4 is 4.90 Å². The summed E-state index contributed by atoms with van der Waals surface area (Å²) in [7, 11) is -3.47. The van der Waals surface area contributed by atoms with E-state index in [1.807, 2.05) is 50.2 Å². The minimum absolute atomic E-state index is 0.119. The lowest BCUT2D eigenvalue weighted by atomic mass is 10.0. The van der Waals surface area contributed by atoms with Gasteiger partial charge in [-0.15, -0.1) is 0 Å². The number of aryl methyl sites for hydroxylation is 2. The highest BCUT2D eigenvalue weighted by atomic mass is 31.2. The van der Waals surface area contributed by atoms with E-state index in [4.69, 9.17) is 9.05 Å². The van der Waals surface area contributed by atoms with Crippen LogP contribution in [0.1, 0.15) is 49.2 Å². The molecule has 6 heteroatoms. The zero-order valence-corrected chi connectivity index (χ0v) is 18.1. The van der Waals surface area contributed by atoms with Gasteiger partial charge in [0.05, 0.1) is 18.9 Å². The van der Waals surface area contributed by atoms with Gasteiger partial charge in [0.1, 0.15) is 6.29 Å². The fraction of sp³-hybridized carbons (Fsp3) is 0.409. The third-order valence-electron chi connectivity index (χ3n) is 4.47. The normalized spacial score (nSPS) is 11.4. The van der Waals surface area contributed by atoms with Crippen molar-refractivity contribution >= 4 is 19.2 Å². The lowest BCUT2D eigenvalue weighted by Crippen LogP contribution is -2.34. The molecule has 0 atom stereocenters. The van der Waals surface area contributed by atoms with Crippen molar-refractivity contribution in [3.8, 4) is 0 Å². The second-order valence-corrected chi connectivity index (χ2v) is 8.34. The van der Waals surface area contributed by atoms with Crippen molar-refractivity contribution in [2.75, 3.05) is 24.4 Å². The molecule has 0 N–H and O–H groups in total. The SMILES string of the molecule is CCOP(=O)(CN(C(=O)c1ccccc1)c1c(CC)cccc1CC)OCC. The molecule has 0 radical (unpaired) electrons.